The highest BCUT2D eigenvalue weighted by molar-refractivity contribution is 5.98. The maximum Gasteiger partial charge on any atom is 0.276 e. The van der Waals surface area contributed by atoms with E-state index in [4.69, 9.17) is 5.73 Å². The van der Waals surface area contributed by atoms with E-state index in [0.717, 1.165) is 6.42 Å². The van der Waals surface area contributed by atoms with Gasteiger partial charge in [-0.3, -0.25) is 14.3 Å². The van der Waals surface area contributed by atoms with Crippen LogP contribution in [0.15, 0.2) is 6.20 Å². The molecule has 1 aromatic rings. The van der Waals surface area contributed by atoms with Crippen LogP contribution in [0.1, 0.15) is 30.8 Å². The van der Waals surface area contributed by atoms with Gasteiger partial charge in [0.25, 0.3) is 5.91 Å². The fraction of sp³-hybridized carbons (Fsp3) is 0.615. The first-order valence-electron chi connectivity index (χ1n) is 6.73. The summed E-state index contributed by atoms with van der Waals surface area (Å²) in [6.45, 7) is 5.05. The van der Waals surface area contributed by atoms with Crippen molar-refractivity contribution < 1.29 is 9.59 Å². The number of nitrogen functional groups attached to an aromatic ring is 1. The zero-order chi connectivity index (χ0) is 15.3. The Morgan fingerprint density at radius 1 is 1.35 bits per heavy atom. The van der Waals surface area contributed by atoms with Gasteiger partial charge in [-0.05, 0) is 13.3 Å². The summed E-state index contributed by atoms with van der Waals surface area (Å²) in [6.07, 6.45) is 2.39. The monoisotopic (exact) mass is 281 g/mol. The number of aromatic nitrogens is 2. The number of nitrogens with two attached hydrogens (primary N) is 1. The highest BCUT2D eigenvalue weighted by Crippen LogP contribution is 2.12. The highest BCUT2D eigenvalue weighted by Gasteiger charge is 2.23. The quantitative estimate of drug-likeness (QED) is 0.819. The lowest BCUT2D eigenvalue weighted by Crippen LogP contribution is -2.41. The van der Waals surface area contributed by atoms with Gasteiger partial charge in [0.05, 0.1) is 5.69 Å². The van der Waals surface area contributed by atoms with Gasteiger partial charge in [-0.2, -0.15) is 5.10 Å². The van der Waals surface area contributed by atoms with E-state index in [1.165, 1.54) is 9.80 Å². The van der Waals surface area contributed by atoms with Crippen LogP contribution in [-0.2, 0) is 11.3 Å². The van der Waals surface area contributed by atoms with Crippen LogP contribution in [0.5, 0.6) is 0 Å². The Morgan fingerprint density at radius 2 is 2.00 bits per heavy atom. The molecule has 0 atom stereocenters. The molecule has 0 saturated carbocycles. The van der Waals surface area contributed by atoms with Gasteiger partial charge >= 0.3 is 0 Å². The minimum Gasteiger partial charge on any atom is -0.396 e. The van der Waals surface area contributed by atoms with E-state index in [-0.39, 0.29) is 24.1 Å². The lowest BCUT2D eigenvalue weighted by atomic mass is 10.3. The summed E-state index contributed by atoms with van der Waals surface area (Å²) in [5.74, 6) is -0.424. The third kappa shape index (κ3) is 3.72. The summed E-state index contributed by atoms with van der Waals surface area (Å²) in [6, 6.07) is 0. The van der Waals surface area contributed by atoms with Crippen molar-refractivity contribution in [3.8, 4) is 0 Å². The fourth-order valence-electron chi connectivity index (χ4n) is 1.74. The Morgan fingerprint density at radius 3 is 2.45 bits per heavy atom. The molecule has 0 fully saturated rings. The highest BCUT2D eigenvalue weighted by atomic mass is 16.2. The molecule has 20 heavy (non-hydrogen) atoms. The standard InChI is InChI=1S/C13H23N5O2/c1-5-7-17(9-11(19)16(3)4)13(20)12-10(14)8-18(6-2)15-12/h8H,5-7,9,14H2,1-4H3. The number of hydrogen-bond donors (Lipinski definition) is 1. The van der Waals surface area contributed by atoms with Crippen molar-refractivity contribution in [3.05, 3.63) is 11.9 Å². The molecule has 112 valence electrons. The lowest BCUT2D eigenvalue weighted by molar-refractivity contribution is -0.129. The van der Waals surface area contributed by atoms with Crippen LogP contribution in [-0.4, -0.2) is 58.6 Å². The Hall–Kier alpha value is -2.05. The van der Waals surface area contributed by atoms with Crippen LogP contribution in [0.2, 0.25) is 0 Å². The first kappa shape index (κ1) is 16.0. The predicted molar refractivity (Wildman–Crippen MR) is 77.2 cm³/mol. The van der Waals surface area contributed by atoms with E-state index in [1.807, 2.05) is 13.8 Å². The first-order chi connectivity index (χ1) is 9.40. The average Bonchev–Trinajstić information content (AvgIpc) is 2.78. The maximum atomic E-state index is 12.4. The summed E-state index contributed by atoms with van der Waals surface area (Å²) in [5.41, 5.74) is 6.37. The molecule has 0 aliphatic carbocycles. The largest absolute Gasteiger partial charge is 0.396 e. The lowest BCUT2D eigenvalue weighted by Gasteiger charge is -2.22. The molecule has 7 heteroatoms. The molecule has 0 unspecified atom stereocenters. The van der Waals surface area contributed by atoms with E-state index in [2.05, 4.69) is 5.10 Å². The molecule has 0 saturated heterocycles. The molecule has 2 amide bonds. The van der Waals surface area contributed by atoms with Gasteiger partial charge in [0.15, 0.2) is 5.69 Å². The van der Waals surface area contributed by atoms with Crippen LogP contribution < -0.4 is 5.73 Å². The summed E-state index contributed by atoms with van der Waals surface area (Å²) in [5, 5.41) is 4.16. The number of likely N-dealkylation sites (N-methyl/N-ethyl adjacent to an activating group) is 1. The third-order valence-electron chi connectivity index (χ3n) is 2.92. The second kappa shape index (κ2) is 6.93. The van der Waals surface area contributed by atoms with Crippen molar-refractivity contribution in [2.24, 2.45) is 0 Å². The van der Waals surface area contributed by atoms with Crippen LogP contribution in [0.25, 0.3) is 0 Å². The van der Waals surface area contributed by atoms with Gasteiger partial charge in [-0.15, -0.1) is 0 Å². The maximum absolute atomic E-state index is 12.4. The van der Waals surface area contributed by atoms with Crippen molar-refractivity contribution in [1.29, 1.82) is 0 Å². The van der Waals surface area contributed by atoms with E-state index in [1.54, 1.807) is 25.0 Å². The van der Waals surface area contributed by atoms with Gasteiger partial charge in [-0.1, -0.05) is 6.92 Å². The van der Waals surface area contributed by atoms with E-state index >= 15 is 0 Å². The Labute approximate surface area is 119 Å². The SMILES string of the molecule is CCCN(CC(=O)N(C)C)C(=O)c1nn(CC)cc1N. The molecule has 1 heterocycles. The summed E-state index contributed by atoms with van der Waals surface area (Å²) in [7, 11) is 3.33. The Bertz CT molecular complexity index is 481. The minimum absolute atomic E-state index is 0.0398. The summed E-state index contributed by atoms with van der Waals surface area (Å²) < 4.78 is 1.61. The number of carbonyl (C=O) groups is 2. The van der Waals surface area contributed by atoms with Gasteiger partial charge in [0.1, 0.15) is 6.54 Å². The molecule has 0 radical (unpaired) electrons. The fourth-order valence-corrected chi connectivity index (χ4v) is 1.74. The van der Waals surface area contributed by atoms with Crippen molar-refractivity contribution in [3.63, 3.8) is 0 Å². The topological polar surface area (TPSA) is 84.5 Å². The molecule has 0 aliphatic rings. The number of amides is 2. The van der Waals surface area contributed by atoms with Crippen molar-refractivity contribution in [1.82, 2.24) is 19.6 Å². The first-order valence-corrected chi connectivity index (χ1v) is 6.73. The number of hydrogen-bond acceptors (Lipinski definition) is 4. The number of nitrogens with zero attached hydrogens (tertiary/aromatic N) is 4. The van der Waals surface area contributed by atoms with Gasteiger partial charge in [0, 0.05) is 33.4 Å². The van der Waals surface area contributed by atoms with Gasteiger partial charge in [-0.25, -0.2) is 0 Å². The second-order valence-corrected chi connectivity index (χ2v) is 4.80. The predicted octanol–water partition coefficient (Wildman–Crippen LogP) is 0.426. The van der Waals surface area contributed by atoms with E-state index in [0.29, 0.717) is 18.8 Å². The molecule has 0 aromatic carbocycles. The normalized spacial score (nSPS) is 10.4. The van der Waals surface area contributed by atoms with Gasteiger partial charge < -0.3 is 15.5 Å². The zero-order valence-corrected chi connectivity index (χ0v) is 12.6. The second-order valence-electron chi connectivity index (χ2n) is 4.80. The van der Waals surface area contributed by atoms with E-state index < -0.39 is 0 Å². The summed E-state index contributed by atoms with van der Waals surface area (Å²) in [4.78, 5) is 27.2. The third-order valence-corrected chi connectivity index (χ3v) is 2.92. The molecule has 0 spiro atoms. The number of rotatable bonds is 6. The van der Waals surface area contributed by atoms with Crippen molar-refractivity contribution in [2.75, 3.05) is 32.9 Å². The molecule has 0 aliphatic heterocycles. The molecule has 2 N–H and O–H groups in total. The molecule has 1 rings (SSSR count). The van der Waals surface area contributed by atoms with Crippen LogP contribution >= 0.6 is 0 Å². The van der Waals surface area contributed by atoms with Crippen molar-refractivity contribution in [2.45, 2.75) is 26.8 Å². The minimum atomic E-state index is -0.299. The van der Waals surface area contributed by atoms with Crippen molar-refractivity contribution >= 4 is 17.5 Å². The molecular formula is C13H23N5O2. The number of carbonyl (C=O) groups excluding carboxylic acids is 2. The number of anilines is 1. The Balaban J connectivity index is 2.92. The van der Waals surface area contributed by atoms with Crippen LogP contribution in [0, 0.1) is 0 Å². The number of aryl methyl sites for hydroxylation is 1. The summed E-state index contributed by atoms with van der Waals surface area (Å²) >= 11 is 0. The Kier molecular flexibility index (Phi) is 5.54. The van der Waals surface area contributed by atoms with Crippen LogP contribution in [0.4, 0.5) is 5.69 Å². The smallest absolute Gasteiger partial charge is 0.276 e. The average molecular weight is 281 g/mol. The van der Waals surface area contributed by atoms with E-state index in [9.17, 15) is 9.59 Å². The molecular weight excluding hydrogens is 258 g/mol. The molecule has 1 aromatic heterocycles. The molecule has 0 bridgehead atoms. The van der Waals surface area contributed by atoms with Gasteiger partial charge in [0.2, 0.25) is 5.91 Å². The van der Waals surface area contributed by atoms with Crippen LogP contribution in [0.3, 0.4) is 0 Å². The molecule has 7 nitrogen and oxygen atoms in total. The zero-order valence-electron chi connectivity index (χ0n) is 12.6.